The molecule has 0 rings (SSSR count). The first-order valence-corrected chi connectivity index (χ1v) is 12.0. The van der Waals surface area contributed by atoms with Gasteiger partial charge in [0.25, 0.3) is 21.7 Å². The Morgan fingerprint density at radius 2 is 1.56 bits per heavy atom. The predicted octanol–water partition coefficient (Wildman–Crippen LogP) is 0.811. The Kier molecular flexibility index (Phi) is 18.4. The smallest absolute Gasteiger partial charge is 0.295 e. The number of ketones is 1. The lowest BCUT2D eigenvalue weighted by molar-refractivity contribution is -0.790. The molecule has 3 unspecified atom stereocenters. The van der Waals surface area contributed by atoms with Crippen LogP contribution >= 0.6 is 0 Å². The minimum absolute atomic E-state index is 0.0231. The standard InChI is InChI=1S/C20H34N6O13/c1-2-16(38-25(32)33)7-4-9-19(29)23-20(36-14-27)10-5-11-22-18(21)12-15(28)6-3-8-17(39-26(34)35)13-37-24(30)31/h14,16-17,20H,2-13H2,1H3,(H2,21,22)(H,23,29). The number of ether oxygens (including phenoxy) is 1. The largest absolute Gasteiger partial charge is 0.444 e. The van der Waals surface area contributed by atoms with Crippen LogP contribution in [0.1, 0.15) is 71.1 Å². The number of hydrogen-bond donors (Lipinski definition) is 2. The zero-order valence-corrected chi connectivity index (χ0v) is 21.5. The molecule has 0 aromatic heterocycles. The molecule has 3 N–H and O–H groups in total. The van der Waals surface area contributed by atoms with E-state index in [2.05, 4.69) is 24.8 Å². The zero-order chi connectivity index (χ0) is 29.6. The van der Waals surface area contributed by atoms with Crippen molar-refractivity contribution in [3.8, 4) is 0 Å². The summed E-state index contributed by atoms with van der Waals surface area (Å²) in [4.78, 5) is 82.8. The summed E-state index contributed by atoms with van der Waals surface area (Å²) >= 11 is 0. The molecule has 1 amide bonds. The highest BCUT2D eigenvalue weighted by molar-refractivity contribution is 5.99. The Hall–Kier alpha value is -4.32. The molecule has 0 spiro atoms. The molecule has 0 bridgehead atoms. The molecule has 0 saturated heterocycles. The topological polar surface area (TPSA) is 268 Å². The molecule has 222 valence electrons. The van der Waals surface area contributed by atoms with Gasteiger partial charge in [-0.05, 0) is 38.5 Å². The number of amides is 1. The summed E-state index contributed by atoms with van der Waals surface area (Å²) in [6.45, 7) is 1.42. The van der Waals surface area contributed by atoms with E-state index in [1.807, 2.05) is 0 Å². The third kappa shape index (κ3) is 20.4. The fourth-order valence-electron chi connectivity index (χ4n) is 3.24. The van der Waals surface area contributed by atoms with Gasteiger partial charge in [-0.25, -0.2) is 0 Å². The second-order valence-electron chi connectivity index (χ2n) is 8.13. The number of nitrogens with two attached hydrogens (primary N) is 1. The normalized spacial score (nSPS) is 13.3. The van der Waals surface area contributed by atoms with Crippen molar-refractivity contribution in [2.75, 3.05) is 13.2 Å². The number of aliphatic imine (C=N–C) groups is 1. The van der Waals surface area contributed by atoms with E-state index in [1.54, 1.807) is 6.92 Å². The summed E-state index contributed by atoms with van der Waals surface area (Å²) < 4.78 is 4.84. The first-order chi connectivity index (χ1) is 18.5. The van der Waals surface area contributed by atoms with E-state index in [0.717, 1.165) is 0 Å². The van der Waals surface area contributed by atoms with E-state index >= 15 is 0 Å². The van der Waals surface area contributed by atoms with Gasteiger partial charge < -0.3 is 30.3 Å². The monoisotopic (exact) mass is 566 g/mol. The number of carbonyl (C=O) groups is 3. The van der Waals surface area contributed by atoms with Crippen LogP contribution in [0.25, 0.3) is 0 Å². The van der Waals surface area contributed by atoms with E-state index in [0.29, 0.717) is 25.7 Å². The quantitative estimate of drug-likeness (QED) is 0.0294. The summed E-state index contributed by atoms with van der Waals surface area (Å²) in [5.41, 5.74) is 5.74. The van der Waals surface area contributed by atoms with Gasteiger partial charge in [-0.2, -0.15) is 0 Å². The Bertz CT molecular complexity index is 841. The summed E-state index contributed by atoms with van der Waals surface area (Å²) in [7, 11) is 0. The number of amidine groups is 1. The van der Waals surface area contributed by atoms with Crippen molar-refractivity contribution in [3.63, 3.8) is 0 Å². The van der Waals surface area contributed by atoms with Crippen LogP contribution in [-0.4, -0.2) is 70.8 Å². The Morgan fingerprint density at radius 1 is 0.949 bits per heavy atom. The number of Topliss-reactive ketones (excluding diaryl/α,β-unsaturated/α-hetero) is 1. The van der Waals surface area contributed by atoms with Gasteiger partial charge in [-0.3, -0.25) is 19.4 Å². The third-order valence-corrected chi connectivity index (χ3v) is 5.06. The maximum Gasteiger partial charge on any atom is 0.295 e. The summed E-state index contributed by atoms with van der Waals surface area (Å²) in [6, 6.07) is 0. The fraction of sp³-hybridized carbons (Fsp3) is 0.800. The first-order valence-electron chi connectivity index (χ1n) is 12.0. The van der Waals surface area contributed by atoms with Crippen molar-refractivity contribution < 1.29 is 48.9 Å². The van der Waals surface area contributed by atoms with Crippen LogP contribution < -0.4 is 11.1 Å². The van der Waals surface area contributed by atoms with Gasteiger partial charge in [0, 0.05) is 25.8 Å². The van der Waals surface area contributed by atoms with E-state index in [4.69, 9.17) is 10.5 Å². The van der Waals surface area contributed by atoms with Crippen molar-refractivity contribution in [2.24, 2.45) is 10.7 Å². The highest BCUT2D eigenvalue weighted by atomic mass is 17.0. The van der Waals surface area contributed by atoms with Crippen LogP contribution in [0, 0.1) is 30.3 Å². The fourth-order valence-corrected chi connectivity index (χ4v) is 3.24. The van der Waals surface area contributed by atoms with Gasteiger partial charge in [-0.1, -0.05) is 6.92 Å². The van der Waals surface area contributed by atoms with E-state index < -0.39 is 46.2 Å². The molecule has 0 saturated carbocycles. The van der Waals surface area contributed by atoms with E-state index in [9.17, 15) is 44.7 Å². The number of nitrogens with one attached hydrogen (secondary N) is 1. The second kappa shape index (κ2) is 20.7. The number of carbonyl (C=O) groups excluding carboxylic acids is 3. The summed E-state index contributed by atoms with van der Waals surface area (Å²) in [5.74, 6) is -0.689. The molecule has 0 fully saturated rings. The Morgan fingerprint density at radius 3 is 2.15 bits per heavy atom. The molecular formula is C20H34N6O13. The number of rotatable bonds is 25. The molecule has 19 nitrogen and oxygen atoms in total. The maximum atomic E-state index is 12.1. The van der Waals surface area contributed by atoms with Crippen molar-refractivity contribution in [3.05, 3.63) is 30.3 Å². The Balaban J connectivity index is 4.37. The molecular weight excluding hydrogens is 532 g/mol. The van der Waals surface area contributed by atoms with Gasteiger partial charge in [0.2, 0.25) is 5.91 Å². The van der Waals surface area contributed by atoms with Crippen LogP contribution in [0.15, 0.2) is 4.99 Å². The average Bonchev–Trinajstić information content (AvgIpc) is 2.83. The lowest BCUT2D eigenvalue weighted by Crippen LogP contribution is -2.36. The lowest BCUT2D eigenvalue weighted by atomic mass is 10.1. The van der Waals surface area contributed by atoms with Gasteiger partial charge >= 0.3 is 0 Å². The van der Waals surface area contributed by atoms with Crippen LogP contribution in [0.3, 0.4) is 0 Å². The second-order valence-corrected chi connectivity index (χ2v) is 8.13. The van der Waals surface area contributed by atoms with E-state index in [1.165, 1.54) is 0 Å². The van der Waals surface area contributed by atoms with Crippen LogP contribution in [0.4, 0.5) is 0 Å². The summed E-state index contributed by atoms with van der Waals surface area (Å²) in [5, 5.41) is 30.5. The molecule has 19 heteroatoms. The number of hydrogen-bond acceptors (Lipinski definition) is 14. The minimum Gasteiger partial charge on any atom is -0.444 e. The van der Waals surface area contributed by atoms with Gasteiger partial charge in [0.05, 0.1) is 6.42 Å². The van der Waals surface area contributed by atoms with Crippen LogP contribution in [-0.2, 0) is 33.6 Å². The molecule has 0 radical (unpaired) electrons. The molecule has 0 heterocycles. The molecule has 39 heavy (non-hydrogen) atoms. The molecule has 0 aliphatic carbocycles. The zero-order valence-electron chi connectivity index (χ0n) is 21.5. The average molecular weight is 567 g/mol. The highest BCUT2D eigenvalue weighted by Gasteiger charge is 2.17. The van der Waals surface area contributed by atoms with E-state index in [-0.39, 0.29) is 63.2 Å². The minimum atomic E-state index is -1.21. The van der Waals surface area contributed by atoms with Crippen LogP contribution in [0.5, 0.6) is 0 Å². The lowest BCUT2D eigenvalue weighted by Gasteiger charge is -2.17. The van der Waals surface area contributed by atoms with Gasteiger partial charge in [-0.15, -0.1) is 30.3 Å². The first kappa shape index (κ1) is 34.7. The molecule has 0 aliphatic rings. The predicted molar refractivity (Wildman–Crippen MR) is 129 cm³/mol. The summed E-state index contributed by atoms with van der Waals surface area (Å²) in [6.07, 6.45) is -1.19. The van der Waals surface area contributed by atoms with Crippen LogP contribution in [0.2, 0.25) is 0 Å². The molecule has 0 aromatic carbocycles. The highest BCUT2D eigenvalue weighted by Crippen LogP contribution is 2.10. The molecule has 0 aliphatic heterocycles. The number of nitrogens with zero attached hydrogens (tertiary/aromatic N) is 4. The van der Waals surface area contributed by atoms with Gasteiger partial charge in [0.15, 0.2) is 6.23 Å². The van der Waals surface area contributed by atoms with Crippen molar-refractivity contribution in [1.82, 2.24) is 5.32 Å². The SMILES string of the molecule is CCC(CCCC(=O)NC(CCCN=C(N)CC(=O)CCCC(CO[N+](=O)[O-])O[N+](=O)[O-])OC=O)O[N+](=O)[O-]. The maximum absolute atomic E-state index is 12.1. The van der Waals surface area contributed by atoms with Crippen molar-refractivity contribution in [1.29, 1.82) is 0 Å². The Labute approximate surface area is 222 Å². The van der Waals surface area contributed by atoms with Crippen molar-refractivity contribution >= 4 is 24.0 Å². The van der Waals surface area contributed by atoms with Crippen molar-refractivity contribution in [2.45, 2.75) is 89.6 Å². The molecule has 3 atom stereocenters. The molecule has 0 aromatic rings. The third-order valence-electron chi connectivity index (χ3n) is 5.06. The van der Waals surface area contributed by atoms with Gasteiger partial charge in [0.1, 0.15) is 30.4 Å².